The monoisotopic (exact) mass is 386 g/mol. The Morgan fingerprint density at radius 1 is 1.26 bits per heavy atom. The molecular weight excluding hydrogens is 375 g/mol. The Labute approximate surface area is 156 Å². The summed E-state index contributed by atoms with van der Waals surface area (Å²) >= 11 is 5.82. The highest BCUT2D eigenvalue weighted by atomic mass is 35.5. The molecule has 0 spiro atoms. The molecule has 27 heavy (non-hydrogen) atoms. The second-order valence-corrected chi connectivity index (χ2v) is 6.15. The molecule has 1 amide bonds. The van der Waals surface area contributed by atoms with Gasteiger partial charge >= 0.3 is 0 Å². The van der Waals surface area contributed by atoms with Crippen LogP contribution in [-0.4, -0.2) is 25.8 Å². The molecular formula is C17H12ClFN6O2. The fourth-order valence-corrected chi connectivity index (χ4v) is 2.96. The third kappa shape index (κ3) is 3.32. The van der Waals surface area contributed by atoms with E-state index in [4.69, 9.17) is 17.3 Å². The first kappa shape index (κ1) is 17.0. The average molecular weight is 387 g/mol. The van der Waals surface area contributed by atoms with Crippen molar-refractivity contribution < 1.29 is 13.8 Å². The minimum Gasteiger partial charge on any atom is -0.379 e. The van der Waals surface area contributed by atoms with Crippen molar-refractivity contribution in [3.63, 3.8) is 0 Å². The predicted molar refractivity (Wildman–Crippen MR) is 97.5 cm³/mol. The molecule has 2 aromatic heterocycles. The van der Waals surface area contributed by atoms with Crippen LogP contribution >= 0.6 is 11.6 Å². The normalized spacial score (nSPS) is 11.0. The number of nitrogens with zero attached hydrogens (tertiary/aromatic N) is 4. The SMILES string of the molecule is Nc1nonc1-c1nc2ccccc2n1CC(=O)Nc1cc(F)cc(Cl)c1. The number of anilines is 2. The molecule has 4 aromatic rings. The van der Waals surface area contributed by atoms with Crippen molar-refractivity contribution in [1.29, 1.82) is 0 Å². The predicted octanol–water partition coefficient (Wildman–Crippen LogP) is 3.10. The number of imidazole rings is 1. The zero-order valence-electron chi connectivity index (χ0n) is 13.7. The van der Waals surface area contributed by atoms with Crippen LogP contribution in [0.3, 0.4) is 0 Å². The smallest absolute Gasteiger partial charge is 0.244 e. The Hall–Kier alpha value is -3.46. The lowest BCUT2D eigenvalue weighted by Crippen LogP contribution is -2.19. The van der Waals surface area contributed by atoms with Gasteiger partial charge in [-0.3, -0.25) is 4.79 Å². The maximum Gasteiger partial charge on any atom is 0.244 e. The lowest BCUT2D eigenvalue weighted by atomic mass is 10.3. The second kappa shape index (κ2) is 6.69. The first-order valence-corrected chi connectivity index (χ1v) is 8.18. The quantitative estimate of drug-likeness (QED) is 0.557. The van der Waals surface area contributed by atoms with E-state index >= 15 is 0 Å². The number of carbonyl (C=O) groups is 1. The van der Waals surface area contributed by atoms with Gasteiger partial charge < -0.3 is 15.6 Å². The van der Waals surface area contributed by atoms with Crippen LogP contribution in [0.25, 0.3) is 22.6 Å². The van der Waals surface area contributed by atoms with Gasteiger partial charge in [-0.2, -0.15) is 0 Å². The zero-order chi connectivity index (χ0) is 19.0. The van der Waals surface area contributed by atoms with E-state index in [-0.39, 0.29) is 28.8 Å². The van der Waals surface area contributed by atoms with Gasteiger partial charge in [-0.1, -0.05) is 23.7 Å². The number of amides is 1. The molecule has 8 nitrogen and oxygen atoms in total. The summed E-state index contributed by atoms with van der Waals surface area (Å²) < 4.78 is 19.7. The molecule has 0 bridgehead atoms. The van der Waals surface area contributed by atoms with Crippen molar-refractivity contribution in [3.8, 4) is 11.5 Å². The van der Waals surface area contributed by atoms with E-state index in [0.717, 1.165) is 6.07 Å². The van der Waals surface area contributed by atoms with Gasteiger partial charge in [-0.05, 0) is 40.6 Å². The van der Waals surface area contributed by atoms with Crippen molar-refractivity contribution in [2.24, 2.45) is 0 Å². The number of nitrogens with two attached hydrogens (primary N) is 1. The van der Waals surface area contributed by atoms with Crippen LogP contribution in [0.1, 0.15) is 0 Å². The Kier molecular flexibility index (Phi) is 4.21. The molecule has 0 atom stereocenters. The molecule has 2 heterocycles. The number of hydrogen-bond acceptors (Lipinski definition) is 6. The Bertz CT molecular complexity index is 1140. The molecule has 10 heteroatoms. The van der Waals surface area contributed by atoms with Crippen molar-refractivity contribution in [3.05, 3.63) is 53.3 Å². The highest BCUT2D eigenvalue weighted by Crippen LogP contribution is 2.26. The number of fused-ring (bicyclic) bond motifs is 1. The summed E-state index contributed by atoms with van der Waals surface area (Å²) in [5.74, 6) is -0.560. The lowest BCUT2D eigenvalue weighted by Gasteiger charge is -2.09. The van der Waals surface area contributed by atoms with Crippen LogP contribution in [0.2, 0.25) is 5.02 Å². The number of rotatable bonds is 4. The van der Waals surface area contributed by atoms with Crippen LogP contribution in [0.5, 0.6) is 0 Å². The Morgan fingerprint density at radius 2 is 2.07 bits per heavy atom. The van der Waals surface area contributed by atoms with Crippen LogP contribution in [0.4, 0.5) is 15.9 Å². The van der Waals surface area contributed by atoms with Crippen molar-refractivity contribution in [1.82, 2.24) is 19.9 Å². The molecule has 136 valence electrons. The van der Waals surface area contributed by atoms with Gasteiger partial charge in [-0.25, -0.2) is 14.0 Å². The maximum atomic E-state index is 13.5. The third-order valence-electron chi connectivity index (χ3n) is 3.83. The zero-order valence-corrected chi connectivity index (χ0v) is 14.4. The summed E-state index contributed by atoms with van der Waals surface area (Å²) in [6.45, 7) is -0.115. The van der Waals surface area contributed by atoms with E-state index < -0.39 is 11.7 Å². The number of halogens is 2. The van der Waals surface area contributed by atoms with E-state index in [1.807, 2.05) is 18.2 Å². The largest absolute Gasteiger partial charge is 0.379 e. The summed E-state index contributed by atoms with van der Waals surface area (Å²) in [5.41, 5.74) is 7.60. The number of hydrogen-bond donors (Lipinski definition) is 2. The van der Waals surface area contributed by atoms with Crippen molar-refractivity contribution in [2.75, 3.05) is 11.1 Å². The van der Waals surface area contributed by atoms with E-state index in [0.29, 0.717) is 16.9 Å². The molecule has 0 aliphatic carbocycles. The third-order valence-corrected chi connectivity index (χ3v) is 4.05. The fourth-order valence-electron chi connectivity index (χ4n) is 2.74. The number of aromatic nitrogens is 4. The number of nitrogen functional groups attached to an aromatic ring is 1. The number of para-hydroxylation sites is 2. The molecule has 0 saturated carbocycles. The van der Waals surface area contributed by atoms with Gasteiger partial charge in [0.05, 0.1) is 11.0 Å². The van der Waals surface area contributed by atoms with Crippen molar-refractivity contribution in [2.45, 2.75) is 6.54 Å². The molecule has 0 saturated heterocycles. The van der Waals surface area contributed by atoms with E-state index in [9.17, 15) is 9.18 Å². The fraction of sp³-hybridized carbons (Fsp3) is 0.0588. The second-order valence-electron chi connectivity index (χ2n) is 5.71. The first-order valence-electron chi connectivity index (χ1n) is 7.81. The molecule has 0 radical (unpaired) electrons. The summed E-state index contributed by atoms with van der Waals surface area (Å²) in [5, 5.41) is 10.1. The van der Waals surface area contributed by atoms with Crippen molar-refractivity contribution >= 4 is 40.0 Å². The molecule has 4 rings (SSSR count). The molecule has 0 fully saturated rings. The van der Waals surface area contributed by atoms with Gasteiger partial charge in [0, 0.05) is 10.7 Å². The van der Waals surface area contributed by atoms with Gasteiger partial charge in [0.1, 0.15) is 12.4 Å². The standard InChI is InChI=1S/C17H12ClFN6O2/c18-9-5-10(19)7-11(6-9)21-14(26)8-25-13-4-2-1-3-12(13)22-17(25)15-16(20)24-27-23-15/h1-7H,8H2,(H2,20,24)(H,21,26). The molecule has 3 N–H and O–H groups in total. The van der Waals surface area contributed by atoms with Gasteiger partial charge in [0.2, 0.25) is 5.91 Å². The number of benzene rings is 2. The topological polar surface area (TPSA) is 112 Å². The highest BCUT2D eigenvalue weighted by Gasteiger charge is 2.20. The summed E-state index contributed by atoms with van der Waals surface area (Å²) in [4.78, 5) is 17.0. The molecule has 0 aliphatic rings. The maximum absolute atomic E-state index is 13.5. The van der Waals surface area contributed by atoms with Gasteiger partial charge in [0.25, 0.3) is 0 Å². The first-order chi connectivity index (χ1) is 13.0. The van der Waals surface area contributed by atoms with Crippen LogP contribution in [0, 0.1) is 5.82 Å². The summed E-state index contributed by atoms with van der Waals surface area (Å²) in [6.07, 6.45) is 0. The Morgan fingerprint density at radius 3 is 2.81 bits per heavy atom. The highest BCUT2D eigenvalue weighted by molar-refractivity contribution is 6.30. The summed E-state index contributed by atoms with van der Waals surface area (Å²) in [6, 6.07) is 11.0. The average Bonchev–Trinajstić information content (AvgIpc) is 3.17. The van der Waals surface area contributed by atoms with Crippen LogP contribution in [-0.2, 0) is 11.3 Å². The summed E-state index contributed by atoms with van der Waals surface area (Å²) in [7, 11) is 0. The molecule has 0 unspecified atom stereocenters. The van der Waals surface area contributed by atoms with Crippen LogP contribution in [0.15, 0.2) is 47.1 Å². The Balaban J connectivity index is 1.70. The lowest BCUT2D eigenvalue weighted by molar-refractivity contribution is -0.116. The van der Waals surface area contributed by atoms with E-state index in [2.05, 4.69) is 25.2 Å². The number of carbonyl (C=O) groups excluding carboxylic acids is 1. The number of nitrogens with one attached hydrogen (secondary N) is 1. The van der Waals surface area contributed by atoms with E-state index in [1.165, 1.54) is 12.1 Å². The van der Waals surface area contributed by atoms with E-state index in [1.54, 1.807) is 10.6 Å². The van der Waals surface area contributed by atoms with Gasteiger partial charge in [-0.15, -0.1) is 0 Å². The van der Waals surface area contributed by atoms with Crippen LogP contribution < -0.4 is 11.1 Å². The molecule has 2 aromatic carbocycles. The molecule has 0 aliphatic heterocycles. The minimum absolute atomic E-state index is 0.0591. The minimum atomic E-state index is -0.548. The van der Waals surface area contributed by atoms with Gasteiger partial charge in [0.15, 0.2) is 17.3 Å².